The van der Waals surface area contributed by atoms with Crippen LogP contribution in [0.5, 0.6) is 0 Å². The highest BCUT2D eigenvalue weighted by molar-refractivity contribution is 4.89. The Morgan fingerprint density at radius 2 is 1.86 bits per heavy atom. The van der Waals surface area contributed by atoms with E-state index in [1.807, 2.05) is 0 Å². The van der Waals surface area contributed by atoms with Crippen molar-refractivity contribution in [2.75, 3.05) is 13.3 Å². The van der Waals surface area contributed by atoms with E-state index in [0.29, 0.717) is 0 Å². The Labute approximate surface area is 42.8 Å². The number of hydrogen-bond acceptors (Lipinski definition) is 3. The van der Waals surface area contributed by atoms with E-state index in [-0.39, 0.29) is 0 Å². The molecule has 0 spiro atoms. The zero-order valence-corrected chi connectivity index (χ0v) is 4.12. The predicted octanol–water partition coefficient (Wildman–Crippen LogP) is -0.845. The van der Waals surface area contributed by atoms with Crippen molar-refractivity contribution in [3.63, 3.8) is 0 Å². The van der Waals surface area contributed by atoms with E-state index in [4.69, 9.17) is 0 Å². The Morgan fingerprint density at radius 3 is 2.14 bits per heavy atom. The normalized spacial score (nSPS) is 20.3. The van der Waals surface area contributed by atoms with Crippen molar-refractivity contribution < 1.29 is 0 Å². The first-order chi connectivity index (χ1) is 3.39. The molecule has 0 aliphatic carbocycles. The molecular formula is C4H9N3. The molecule has 0 bridgehead atoms. The summed E-state index contributed by atoms with van der Waals surface area (Å²) in [7, 11) is 0. The smallest absolute Gasteiger partial charge is 0.0932 e. The highest BCUT2D eigenvalue weighted by atomic mass is 15.3. The third kappa shape index (κ3) is 1.08. The van der Waals surface area contributed by atoms with Crippen LogP contribution in [0.15, 0.2) is 12.4 Å². The van der Waals surface area contributed by atoms with E-state index in [2.05, 4.69) is 22.5 Å². The molecular weight excluding hydrogens is 90.1 g/mol. The molecule has 1 aliphatic rings. The van der Waals surface area contributed by atoms with Crippen LogP contribution in [0, 0.1) is 0 Å². The standard InChI is InChI=1S/C4H9N3/c1-4-6-2-5-3-7-4/h5-7H,1-3H2. The summed E-state index contributed by atoms with van der Waals surface area (Å²) >= 11 is 0. The average molecular weight is 99.1 g/mol. The van der Waals surface area contributed by atoms with Gasteiger partial charge in [-0.15, -0.1) is 0 Å². The molecule has 3 nitrogen and oxygen atoms in total. The van der Waals surface area contributed by atoms with E-state index in [1.165, 1.54) is 0 Å². The molecule has 0 unspecified atom stereocenters. The van der Waals surface area contributed by atoms with E-state index >= 15 is 0 Å². The lowest BCUT2D eigenvalue weighted by Crippen LogP contribution is -2.45. The summed E-state index contributed by atoms with van der Waals surface area (Å²) in [5.41, 5.74) is 0. The molecule has 0 amide bonds. The molecule has 0 aromatic heterocycles. The van der Waals surface area contributed by atoms with Gasteiger partial charge in [-0.25, -0.2) is 0 Å². The number of hydrogen-bond donors (Lipinski definition) is 3. The highest BCUT2D eigenvalue weighted by Crippen LogP contribution is 1.75. The minimum absolute atomic E-state index is 0.825. The SMILES string of the molecule is C=C1NCNCN1. The minimum Gasteiger partial charge on any atom is -0.360 e. The molecule has 1 rings (SSSR count). The van der Waals surface area contributed by atoms with Crippen LogP contribution < -0.4 is 16.0 Å². The highest BCUT2D eigenvalue weighted by Gasteiger charge is 1.94. The Balaban J connectivity index is 2.25. The lowest BCUT2D eigenvalue weighted by Gasteiger charge is -2.18. The first-order valence-corrected chi connectivity index (χ1v) is 2.27. The van der Waals surface area contributed by atoms with Gasteiger partial charge in [0.05, 0.1) is 19.2 Å². The second-order valence-corrected chi connectivity index (χ2v) is 1.44. The lowest BCUT2D eigenvalue weighted by molar-refractivity contribution is 0.510. The van der Waals surface area contributed by atoms with Crippen molar-refractivity contribution in [1.82, 2.24) is 16.0 Å². The maximum Gasteiger partial charge on any atom is 0.0932 e. The summed E-state index contributed by atoms with van der Waals surface area (Å²) in [6.07, 6.45) is 0. The number of rotatable bonds is 0. The van der Waals surface area contributed by atoms with Crippen LogP contribution in [0.2, 0.25) is 0 Å². The Kier molecular flexibility index (Phi) is 1.17. The molecule has 0 saturated carbocycles. The van der Waals surface area contributed by atoms with Crippen molar-refractivity contribution in [1.29, 1.82) is 0 Å². The largest absolute Gasteiger partial charge is 0.360 e. The second kappa shape index (κ2) is 1.84. The van der Waals surface area contributed by atoms with Crippen molar-refractivity contribution in [2.24, 2.45) is 0 Å². The fourth-order valence-corrected chi connectivity index (χ4v) is 0.463. The molecule has 1 saturated heterocycles. The summed E-state index contributed by atoms with van der Waals surface area (Å²) in [5, 5.41) is 8.96. The van der Waals surface area contributed by atoms with E-state index < -0.39 is 0 Å². The summed E-state index contributed by atoms with van der Waals surface area (Å²) in [4.78, 5) is 0. The monoisotopic (exact) mass is 99.1 g/mol. The average Bonchev–Trinajstić information content (AvgIpc) is 1.69. The fraction of sp³-hybridized carbons (Fsp3) is 0.500. The Morgan fingerprint density at radius 1 is 1.29 bits per heavy atom. The van der Waals surface area contributed by atoms with Gasteiger partial charge in [0, 0.05) is 0 Å². The van der Waals surface area contributed by atoms with Crippen molar-refractivity contribution >= 4 is 0 Å². The maximum atomic E-state index is 3.65. The lowest BCUT2D eigenvalue weighted by atomic mass is 10.7. The molecule has 1 fully saturated rings. The van der Waals surface area contributed by atoms with Gasteiger partial charge in [0.15, 0.2) is 0 Å². The maximum absolute atomic E-state index is 3.65. The third-order valence-corrected chi connectivity index (χ3v) is 0.854. The van der Waals surface area contributed by atoms with Crippen molar-refractivity contribution in [3.8, 4) is 0 Å². The predicted molar refractivity (Wildman–Crippen MR) is 28.3 cm³/mol. The van der Waals surface area contributed by atoms with Gasteiger partial charge in [-0.1, -0.05) is 6.58 Å². The first kappa shape index (κ1) is 4.46. The number of nitrogens with one attached hydrogen (secondary N) is 3. The first-order valence-electron chi connectivity index (χ1n) is 2.27. The molecule has 1 heterocycles. The van der Waals surface area contributed by atoms with Gasteiger partial charge >= 0.3 is 0 Å². The molecule has 0 radical (unpaired) electrons. The molecule has 0 aromatic rings. The van der Waals surface area contributed by atoms with Crippen LogP contribution in [0.25, 0.3) is 0 Å². The van der Waals surface area contributed by atoms with Gasteiger partial charge in [-0.3, -0.25) is 5.32 Å². The van der Waals surface area contributed by atoms with Crippen LogP contribution >= 0.6 is 0 Å². The Hall–Kier alpha value is -0.700. The molecule has 7 heavy (non-hydrogen) atoms. The molecule has 3 heteroatoms. The minimum atomic E-state index is 0.825. The molecule has 1 aliphatic heterocycles. The van der Waals surface area contributed by atoms with Crippen LogP contribution in [0.4, 0.5) is 0 Å². The zero-order chi connectivity index (χ0) is 5.11. The second-order valence-electron chi connectivity index (χ2n) is 1.44. The topological polar surface area (TPSA) is 36.1 Å². The van der Waals surface area contributed by atoms with Gasteiger partial charge in [-0.2, -0.15) is 0 Å². The molecule has 40 valence electrons. The van der Waals surface area contributed by atoms with Gasteiger partial charge in [0.2, 0.25) is 0 Å². The van der Waals surface area contributed by atoms with Gasteiger partial charge < -0.3 is 10.6 Å². The van der Waals surface area contributed by atoms with Gasteiger partial charge in [0.1, 0.15) is 0 Å². The van der Waals surface area contributed by atoms with Crippen LogP contribution in [-0.4, -0.2) is 13.3 Å². The van der Waals surface area contributed by atoms with E-state index in [1.54, 1.807) is 0 Å². The van der Waals surface area contributed by atoms with Gasteiger partial charge in [-0.05, 0) is 0 Å². The molecule has 3 N–H and O–H groups in total. The quantitative estimate of drug-likeness (QED) is 0.370. The van der Waals surface area contributed by atoms with Gasteiger partial charge in [0.25, 0.3) is 0 Å². The van der Waals surface area contributed by atoms with Crippen LogP contribution in [0.3, 0.4) is 0 Å². The summed E-state index contributed by atoms with van der Waals surface area (Å²) in [6.45, 7) is 5.30. The van der Waals surface area contributed by atoms with Crippen molar-refractivity contribution in [2.45, 2.75) is 0 Å². The summed E-state index contributed by atoms with van der Waals surface area (Å²) < 4.78 is 0. The van der Waals surface area contributed by atoms with Crippen molar-refractivity contribution in [3.05, 3.63) is 12.4 Å². The zero-order valence-electron chi connectivity index (χ0n) is 4.12. The van der Waals surface area contributed by atoms with E-state index in [0.717, 1.165) is 19.2 Å². The molecule has 0 atom stereocenters. The van der Waals surface area contributed by atoms with Crippen LogP contribution in [-0.2, 0) is 0 Å². The summed E-state index contributed by atoms with van der Waals surface area (Å²) in [6, 6.07) is 0. The van der Waals surface area contributed by atoms with Crippen LogP contribution in [0.1, 0.15) is 0 Å². The fourth-order valence-electron chi connectivity index (χ4n) is 0.463. The van der Waals surface area contributed by atoms with E-state index in [9.17, 15) is 0 Å². The summed E-state index contributed by atoms with van der Waals surface area (Å²) in [5.74, 6) is 0.902. The Bertz CT molecular complexity index is 71.0. The molecule has 0 aromatic carbocycles. The third-order valence-electron chi connectivity index (χ3n) is 0.854.